The predicted molar refractivity (Wildman–Crippen MR) is 128 cm³/mol. The highest BCUT2D eigenvalue weighted by atomic mass is 32.2. The van der Waals surface area contributed by atoms with Crippen molar-refractivity contribution in [3.63, 3.8) is 0 Å². The van der Waals surface area contributed by atoms with E-state index < -0.39 is 0 Å². The summed E-state index contributed by atoms with van der Waals surface area (Å²) < 4.78 is 2.03. The zero-order valence-corrected chi connectivity index (χ0v) is 18.8. The first kappa shape index (κ1) is 21.5. The maximum Gasteiger partial charge on any atom is 0.242 e. The number of carbonyl (C=O) groups excluding carboxylic acids is 2. The van der Waals surface area contributed by atoms with Gasteiger partial charge in [0, 0.05) is 40.8 Å². The lowest BCUT2D eigenvalue weighted by Crippen LogP contribution is -2.34. The number of hydrogen-bond donors (Lipinski definition) is 1. The van der Waals surface area contributed by atoms with E-state index in [2.05, 4.69) is 11.4 Å². The highest BCUT2D eigenvalue weighted by molar-refractivity contribution is 8.00. The van der Waals surface area contributed by atoms with Crippen LogP contribution in [0.1, 0.15) is 31.2 Å². The Morgan fingerprint density at radius 1 is 0.968 bits per heavy atom. The number of amides is 2. The SMILES string of the molecule is Cc1ccccc1NC(=O)CSc1cn(CC(=O)N2CCCCCC2)c2ccccc12. The highest BCUT2D eigenvalue weighted by Gasteiger charge is 2.18. The van der Waals surface area contributed by atoms with Crippen molar-refractivity contribution >= 4 is 40.2 Å². The van der Waals surface area contributed by atoms with Crippen LogP contribution in [-0.4, -0.2) is 40.1 Å². The van der Waals surface area contributed by atoms with Crippen molar-refractivity contribution in [2.24, 2.45) is 0 Å². The number of aryl methyl sites for hydroxylation is 1. The van der Waals surface area contributed by atoms with Crippen LogP contribution in [-0.2, 0) is 16.1 Å². The molecule has 162 valence electrons. The fourth-order valence-electron chi connectivity index (χ4n) is 4.07. The van der Waals surface area contributed by atoms with Crippen LogP contribution in [0.2, 0.25) is 0 Å². The zero-order chi connectivity index (χ0) is 21.6. The summed E-state index contributed by atoms with van der Waals surface area (Å²) in [4.78, 5) is 28.4. The molecule has 1 saturated heterocycles. The molecule has 0 unspecified atom stereocenters. The van der Waals surface area contributed by atoms with Crippen molar-refractivity contribution in [3.05, 3.63) is 60.3 Å². The smallest absolute Gasteiger partial charge is 0.242 e. The molecule has 1 aromatic heterocycles. The van der Waals surface area contributed by atoms with Crippen LogP contribution in [0.15, 0.2) is 59.6 Å². The summed E-state index contributed by atoms with van der Waals surface area (Å²) >= 11 is 1.51. The molecule has 1 aliphatic rings. The number of hydrogen-bond acceptors (Lipinski definition) is 3. The molecule has 3 aromatic rings. The summed E-state index contributed by atoms with van der Waals surface area (Å²) in [6.45, 7) is 4.05. The van der Waals surface area contributed by atoms with Gasteiger partial charge in [0.15, 0.2) is 0 Å². The zero-order valence-electron chi connectivity index (χ0n) is 18.0. The van der Waals surface area contributed by atoms with Gasteiger partial charge < -0.3 is 14.8 Å². The first-order valence-electron chi connectivity index (χ1n) is 11.0. The number of nitrogens with zero attached hydrogens (tertiary/aromatic N) is 2. The van der Waals surface area contributed by atoms with Crippen LogP contribution in [0.4, 0.5) is 5.69 Å². The Kier molecular flexibility index (Phi) is 6.97. The average molecular weight is 436 g/mol. The third kappa shape index (κ3) is 5.31. The Balaban J connectivity index is 1.45. The molecule has 1 aliphatic heterocycles. The third-order valence-corrected chi connectivity index (χ3v) is 6.84. The molecule has 2 aromatic carbocycles. The molecule has 0 spiro atoms. The number of fused-ring (bicyclic) bond motifs is 1. The monoisotopic (exact) mass is 435 g/mol. The van der Waals surface area contributed by atoms with E-state index in [-0.39, 0.29) is 11.8 Å². The van der Waals surface area contributed by atoms with Gasteiger partial charge in [-0.3, -0.25) is 9.59 Å². The van der Waals surface area contributed by atoms with E-state index in [0.717, 1.165) is 53.0 Å². The van der Waals surface area contributed by atoms with E-state index in [0.29, 0.717) is 12.3 Å². The van der Waals surface area contributed by atoms with Crippen molar-refractivity contribution < 1.29 is 9.59 Å². The minimum Gasteiger partial charge on any atom is -0.341 e. The number of rotatable bonds is 6. The summed E-state index contributed by atoms with van der Waals surface area (Å²) in [5.41, 5.74) is 2.93. The highest BCUT2D eigenvalue weighted by Crippen LogP contribution is 2.30. The van der Waals surface area contributed by atoms with Crippen LogP contribution in [0, 0.1) is 6.92 Å². The van der Waals surface area contributed by atoms with Crippen molar-refractivity contribution in [2.45, 2.75) is 44.0 Å². The number of likely N-dealkylation sites (tertiary alicyclic amines) is 1. The minimum absolute atomic E-state index is 0.0308. The van der Waals surface area contributed by atoms with Crippen molar-refractivity contribution in [3.8, 4) is 0 Å². The number of nitrogens with one attached hydrogen (secondary N) is 1. The molecule has 0 atom stereocenters. The van der Waals surface area contributed by atoms with Gasteiger partial charge in [-0.2, -0.15) is 0 Å². The van der Waals surface area contributed by atoms with Gasteiger partial charge in [0.2, 0.25) is 11.8 Å². The van der Waals surface area contributed by atoms with Gasteiger partial charge in [-0.25, -0.2) is 0 Å². The van der Waals surface area contributed by atoms with Crippen molar-refractivity contribution in [1.29, 1.82) is 0 Å². The Morgan fingerprint density at radius 2 is 1.68 bits per heavy atom. The predicted octanol–water partition coefficient (Wildman–Crippen LogP) is 5.08. The molecule has 0 radical (unpaired) electrons. The quantitative estimate of drug-likeness (QED) is 0.549. The van der Waals surface area contributed by atoms with Gasteiger partial charge in [0.1, 0.15) is 6.54 Å². The Morgan fingerprint density at radius 3 is 2.45 bits per heavy atom. The van der Waals surface area contributed by atoms with Gasteiger partial charge in [-0.05, 0) is 37.5 Å². The van der Waals surface area contributed by atoms with E-state index in [1.807, 2.05) is 65.1 Å². The first-order chi connectivity index (χ1) is 15.1. The van der Waals surface area contributed by atoms with E-state index in [1.165, 1.54) is 24.6 Å². The van der Waals surface area contributed by atoms with Gasteiger partial charge in [-0.15, -0.1) is 11.8 Å². The number of para-hydroxylation sites is 2. The van der Waals surface area contributed by atoms with E-state index in [4.69, 9.17) is 0 Å². The number of anilines is 1. The largest absolute Gasteiger partial charge is 0.341 e. The average Bonchev–Trinajstić information content (AvgIpc) is 2.93. The summed E-state index contributed by atoms with van der Waals surface area (Å²) in [7, 11) is 0. The molecule has 0 saturated carbocycles. The molecule has 6 heteroatoms. The van der Waals surface area contributed by atoms with Gasteiger partial charge in [0.05, 0.1) is 5.75 Å². The molecule has 2 heterocycles. The van der Waals surface area contributed by atoms with Crippen LogP contribution < -0.4 is 5.32 Å². The lowest BCUT2D eigenvalue weighted by atomic mass is 10.2. The Labute approximate surface area is 187 Å². The molecule has 1 N–H and O–H groups in total. The normalized spacial score (nSPS) is 14.4. The summed E-state index contributed by atoms with van der Waals surface area (Å²) in [6.07, 6.45) is 6.62. The molecule has 5 nitrogen and oxygen atoms in total. The first-order valence-corrected chi connectivity index (χ1v) is 11.9. The second-order valence-corrected chi connectivity index (χ2v) is 9.10. The molecular formula is C25H29N3O2S. The number of benzene rings is 2. The molecule has 31 heavy (non-hydrogen) atoms. The maximum atomic E-state index is 12.9. The molecule has 0 bridgehead atoms. The second kappa shape index (κ2) is 10.1. The van der Waals surface area contributed by atoms with E-state index in [1.54, 1.807) is 0 Å². The maximum absolute atomic E-state index is 12.9. The number of aromatic nitrogens is 1. The van der Waals surface area contributed by atoms with E-state index >= 15 is 0 Å². The second-order valence-electron chi connectivity index (χ2n) is 8.09. The van der Waals surface area contributed by atoms with Crippen LogP contribution in [0.25, 0.3) is 10.9 Å². The van der Waals surface area contributed by atoms with Crippen LogP contribution in [0.3, 0.4) is 0 Å². The lowest BCUT2D eigenvalue weighted by Gasteiger charge is -2.20. The molecular weight excluding hydrogens is 406 g/mol. The van der Waals surface area contributed by atoms with Gasteiger partial charge >= 0.3 is 0 Å². The summed E-state index contributed by atoms with van der Waals surface area (Å²) in [6, 6.07) is 15.9. The molecule has 0 aliphatic carbocycles. The van der Waals surface area contributed by atoms with Crippen LogP contribution in [0.5, 0.6) is 0 Å². The number of carbonyl (C=O) groups is 2. The summed E-state index contributed by atoms with van der Waals surface area (Å²) in [5, 5.41) is 4.07. The lowest BCUT2D eigenvalue weighted by molar-refractivity contribution is -0.131. The summed E-state index contributed by atoms with van der Waals surface area (Å²) in [5.74, 6) is 0.468. The molecule has 4 rings (SSSR count). The standard InChI is InChI=1S/C25H29N3O2S/c1-19-10-4-6-12-21(19)26-24(29)18-31-23-16-28(22-13-7-5-11-20(22)23)17-25(30)27-14-8-2-3-9-15-27/h4-7,10-13,16H,2-3,8-9,14-15,17-18H2,1H3,(H,26,29). The van der Waals surface area contributed by atoms with Gasteiger partial charge in [0.25, 0.3) is 0 Å². The molecule has 1 fully saturated rings. The Hall–Kier alpha value is -2.73. The number of thioether (sulfide) groups is 1. The third-order valence-electron chi connectivity index (χ3n) is 5.79. The fourth-order valence-corrected chi connectivity index (χ4v) is 4.96. The van der Waals surface area contributed by atoms with E-state index in [9.17, 15) is 9.59 Å². The Bertz CT molecular complexity index is 1070. The van der Waals surface area contributed by atoms with Crippen molar-refractivity contribution in [1.82, 2.24) is 9.47 Å². The minimum atomic E-state index is -0.0308. The molecule has 2 amide bonds. The van der Waals surface area contributed by atoms with Crippen molar-refractivity contribution in [2.75, 3.05) is 24.2 Å². The topological polar surface area (TPSA) is 54.3 Å². The van der Waals surface area contributed by atoms with Gasteiger partial charge in [-0.1, -0.05) is 49.2 Å². The van der Waals surface area contributed by atoms with Crippen LogP contribution >= 0.6 is 11.8 Å². The fraction of sp³-hybridized carbons (Fsp3) is 0.360.